The molecule has 56 valence electrons. The van der Waals surface area contributed by atoms with E-state index in [1.807, 2.05) is 0 Å². The molecule has 0 spiro atoms. The number of aromatic nitrogens is 2. The lowest BCUT2D eigenvalue weighted by Crippen LogP contribution is -1.98. The summed E-state index contributed by atoms with van der Waals surface area (Å²) in [7, 11) is 1.77. The van der Waals surface area contributed by atoms with Gasteiger partial charge in [-0.1, -0.05) is 11.6 Å². The first-order valence-corrected chi connectivity index (χ1v) is 3.91. The predicted octanol–water partition coefficient (Wildman–Crippen LogP) is 1.29. The Labute approximate surface area is 72.3 Å². The van der Waals surface area contributed by atoms with Crippen molar-refractivity contribution in [3.63, 3.8) is 0 Å². The van der Waals surface area contributed by atoms with E-state index in [0.29, 0.717) is 11.7 Å². The van der Waals surface area contributed by atoms with Crippen molar-refractivity contribution >= 4 is 27.5 Å². The Morgan fingerprint density at radius 1 is 1.80 bits per heavy atom. The van der Waals surface area contributed by atoms with Gasteiger partial charge >= 0.3 is 0 Å². The van der Waals surface area contributed by atoms with E-state index in [2.05, 4.69) is 21.0 Å². The maximum atomic E-state index is 5.78. The molecule has 0 bridgehead atoms. The van der Waals surface area contributed by atoms with E-state index in [-0.39, 0.29) is 0 Å². The molecule has 0 unspecified atom stereocenters. The average molecular weight is 224 g/mol. The quantitative estimate of drug-likeness (QED) is 0.781. The minimum Gasteiger partial charge on any atom is -0.325 e. The molecule has 10 heavy (non-hydrogen) atoms. The minimum absolute atomic E-state index is 0.404. The normalized spacial score (nSPS) is 10.4. The summed E-state index contributed by atoms with van der Waals surface area (Å²) in [5.41, 5.74) is 6.15. The molecule has 0 amide bonds. The topological polar surface area (TPSA) is 43.8 Å². The van der Waals surface area contributed by atoms with Crippen molar-refractivity contribution in [3.05, 3.63) is 15.3 Å². The molecule has 1 aromatic rings. The van der Waals surface area contributed by atoms with Gasteiger partial charge in [0.1, 0.15) is 5.15 Å². The molecule has 0 radical (unpaired) electrons. The summed E-state index contributed by atoms with van der Waals surface area (Å²) in [6.07, 6.45) is 0. The van der Waals surface area contributed by atoms with Crippen LogP contribution in [0.2, 0.25) is 5.15 Å². The highest BCUT2D eigenvalue weighted by atomic mass is 79.9. The molecular weight excluding hydrogens is 217 g/mol. The van der Waals surface area contributed by atoms with Gasteiger partial charge in [0.05, 0.1) is 10.2 Å². The molecule has 3 nitrogen and oxygen atoms in total. The van der Waals surface area contributed by atoms with Crippen LogP contribution in [0.3, 0.4) is 0 Å². The fourth-order valence-electron chi connectivity index (χ4n) is 0.660. The zero-order chi connectivity index (χ0) is 7.72. The second-order valence-electron chi connectivity index (χ2n) is 1.88. The molecule has 0 aliphatic carbocycles. The van der Waals surface area contributed by atoms with Crippen LogP contribution in [-0.2, 0) is 13.6 Å². The van der Waals surface area contributed by atoms with Crippen molar-refractivity contribution < 1.29 is 0 Å². The average Bonchev–Trinajstić information content (AvgIpc) is 2.17. The molecule has 0 aliphatic heterocycles. The largest absolute Gasteiger partial charge is 0.325 e. The second kappa shape index (κ2) is 2.90. The first-order valence-electron chi connectivity index (χ1n) is 2.73. The van der Waals surface area contributed by atoms with Crippen LogP contribution < -0.4 is 5.73 Å². The molecule has 5 heteroatoms. The number of hydrogen-bond donors (Lipinski definition) is 1. The third-order valence-electron chi connectivity index (χ3n) is 1.18. The molecule has 1 aromatic heterocycles. The van der Waals surface area contributed by atoms with Crippen molar-refractivity contribution in [2.24, 2.45) is 12.8 Å². The Morgan fingerprint density at radius 3 is 2.60 bits per heavy atom. The van der Waals surface area contributed by atoms with Gasteiger partial charge in [0.2, 0.25) is 0 Å². The standard InChI is InChI=1S/C5H7BrClN3/c1-10-5(7)4(6)3(2-8)9-10/h2,8H2,1H3. The number of nitrogens with zero attached hydrogens (tertiary/aromatic N) is 2. The van der Waals surface area contributed by atoms with Gasteiger partial charge in [0.25, 0.3) is 0 Å². The van der Waals surface area contributed by atoms with Crippen molar-refractivity contribution in [2.45, 2.75) is 6.54 Å². The Balaban J connectivity index is 3.17. The molecule has 0 saturated heterocycles. The van der Waals surface area contributed by atoms with E-state index >= 15 is 0 Å². The first-order chi connectivity index (χ1) is 4.66. The highest BCUT2D eigenvalue weighted by Gasteiger charge is 2.08. The lowest BCUT2D eigenvalue weighted by molar-refractivity contribution is 0.743. The summed E-state index contributed by atoms with van der Waals surface area (Å²) in [5, 5.41) is 4.62. The zero-order valence-corrected chi connectivity index (χ0v) is 7.78. The smallest absolute Gasteiger partial charge is 0.141 e. The van der Waals surface area contributed by atoms with Crippen molar-refractivity contribution in [3.8, 4) is 0 Å². The third kappa shape index (κ3) is 1.19. The highest BCUT2D eigenvalue weighted by molar-refractivity contribution is 9.10. The summed E-state index contributed by atoms with van der Waals surface area (Å²) in [6, 6.07) is 0. The van der Waals surface area contributed by atoms with E-state index < -0.39 is 0 Å². The third-order valence-corrected chi connectivity index (χ3v) is 2.68. The highest BCUT2D eigenvalue weighted by Crippen LogP contribution is 2.24. The predicted molar refractivity (Wildman–Crippen MR) is 43.8 cm³/mol. The van der Waals surface area contributed by atoms with E-state index in [1.54, 1.807) is 11.7 Å². The van der Waals surface area contributed by atoms with Gasteiger partial charge in [-0.2, -0.15) is 5.10 Å². The molecule has 2 N–H and O–H groups in total. The maximum absolute atomic E-state index is 5.78. The van der Waals surface area contributed by atoms with Crippen LogP contribution in [0.1, 0.15) is 5.69 Å². The fraction of sp³-hybridized carbons (Fsp3) is 0.400. The van der Waals surface area contributed by atoms with Crippen LogP contribution in [-0.4, -0.2) is 9.78 Å². The van der Waals surface area contributed by atoms with E-state index in [4.69, 9.17) is 17.3 Å². The summed E-state index contributed by atoms with van der Waals surface area (Å²) in [5.74, 6) is 0. The van der Waals surface area contributed by atoms with Crippen LogP contribution >= 0.6 is 27.5 Å². The lowest BCUT2D eigenvalue weighted by atomic mass is 10.4. The van der Waals surface area contributed by atoms with Crippen molar-refractivity contribution in [1.29, 1.82) is 0 Å². The number of rotatable bonds is 1. The van der Waals surface area contributed by atoms with E-state index in [0.717, 1.165) is 10.2 Å². The summed E-state index contributed by atoms with van der Waals surface area (Å²) < 4.78 is 2.37. The molecule has 0 atom stereocenters. The summed E-state index contributed by atoms with van der Waals surface area (Å²) in [6.45, 7) is 0.404. The number of nitrogens with two attached hydrogens (primary N) is 1. The van der Waals surface area contributed by atoms with Crippen LogP contribution in [0.5, 0.6) is 0 Å². The maximum Gasteiger partial charge on any atom is 0.141 e. The number of aryl methyl sites for hydroxylation is 1. The SMILES string of the molecule is Cn1nc(CN)c(Br)c1Cl. The summed E-state index contributed by atoms with van der Waals surface area (Å²) in [4.78, 5) is 0. The Bertz CT molecular complexity index is 245. The molecule has 0 aromatic carbocycles. The van der Waals surface area contributed by atoms with Gasteiger partial charge in [-0.05, 0) is 15.9 Å². The number of halogens is 2. The van der Waals surface area contributed by atoms with Crippen molar-refractivity contribution in [2.75, 3.05) is 0 Å². The van der Waals surface area contributed by atoms with Crippen LogP contribution in [0, 0.1) is 0 Å². The lowest BCUT2D eigenvalue weighted by Gasteiger charge is -1.86. The first kappa shape index (κ1) is 8.04. The van der Waals surface area contributed by atoms with Gasteiger partial charge < -0.3 is 5.73 Å². The minimum atomic E-state index is 0.404. The van der Waals surface area contributed by atoms with Gasteiger partial charge in [0.15, 0.2) is 0 Å². The molecule has 0 fully saturated rings. The van der Waals surface area contributed by atoms with Gasteiger partial charge in [-0.15, -0.1) is 0 Å². The Hall–Kier alpha value is -0.0600. The van der Waals surface area contributed by atoms with Crippen LogP contribution in [0.25, 0.3) is 0 Å². The zero-order valence-electron chi connectivity index (χ0n) is 5.43. The Kier molecular flexibility index (Phi) is 2.33. The van der Waals surface area contributed by atoms with Gasteiger partial charge in [-0.3, -0.25) is 4.68 Å². The molecule has 0 aliphatic rings. The van der Waals surface area contributed by atoms with Crippen molar-refractivity contribution in [1.82, 2.24) is 9.78 Å². The summed E-state index contributed by atoms with van der Waals surface area (Å²) >= 11 is 9.04. The van der Waals surface area contributed by atoms with Gasteiger partial charge in [0, 0.05) is 13.6 Å². The Morgan fingerprint density at radius 2 is 2.40 bits per heavy atom. The van der Waals surface area contributed by atoms with E-state index in [1.165, 1.54) is 0 Å². The molecule has 0 saturated carbocycles. The van der Waals surface area contributed by atoms with Gasteiger partial charge in [-0.25, -0.2) is 0 Å². The molecular formula is C5H7BrClN3. The second-order valence-corrected chi connectivity index (χ2v) is 3.03. The number of hydrogen-bond acceptors (Lipinski definition) is 2. The van der Waals surface area contributed by atoms with Crippen LogP contribution in [0.4, 0.5) is 0 Å². The van der Waals surface area contributed by atoms with Crippen LogP contribution in [0.15, 0.2) is 4.47 Å². The fourth-order valence-corrected chi connectivity index (χ4v) is 1.31. The monoisotopic (exact) mass is 223 g/mol. The molecule has 1 rings (SSSR count). The molecule has 1 heterocycles. The van der Waals surface area contributed by atoms with E-state index in [9.17, 15) is 0 Å².